The summed E-state index contributed by atoms with van der Waals surface area (Å²) in [5, 5.41) is 20.2. The lowest BCUT2D eigenvalue weighted by atomic mass is 10.1. The minimum Gasteiger partial charge on any atom is -0.481 e. The third-order valence-corrected chi connectivity index (χ3v) is 2.82. The Morgan fingerprint density at radius 1 is 1.14 bits per heavy atom. The summed E-state index contributed by atoms with van der Waals surface area (Å²) in [6.07, 6.45) is -0.0966. The second kappa shape index (κ2) is 6.35. The smallest absolute Gasteiger partial charge is 0.307 e. The van der Waals surface area contributed by atoms with Gasteiger partial charge in [-0.1, -0.05) is 12.1 Å². The predicted octanol–water partition coefficient (Wildman–Crippen LogP) is 2.44. The van der Waals surface area contributed by atoms with E-state index in [0.29, 0.717) is 22.4 Å². The van der Waals surface area contributed by atoms with Crippen molar-refractivity contribution in [3.05, 3.63) is 65.2 Å². The molecule has 0 aliphatic rings. The number of benzene rings is 2. The molecule has 0 aliphatic heterocycles. The first kappa shape index (κ1) is 14.3. The zero-order valence-electron chi connectivity index (χ0n) is 11.0. The third kappa shape index (κ3) is 3.91. The summed E-state index contributed by atoms with van der Waals surface area (Å²) in [5.41, 5.74) is 2.05. The summed E-state index contributed by atoms with van der Waals surface area (Å²) < 4.78 is 0. The first-order valence-corrected chi connectivity index (χ1v) is 6.21. The van der Waals surface area contributed by atoms with E-state index in [1.54, 1.807) is 48.5 Å². The van der Waals surface area contributed by atoms with Crippen molar-refractivity contribution in [2.45, 2.75) is 6.42 Å². The first-order valence-electron chi connectivity index (χ1n) is 6.21. The highest BCUT2D eigenvalue weighted by atomic mass is 16.4. The average molecular weight is 280 g/mol. The molecule has 2 aromatic rings. The molecular weight excluding hydrogens is 268 g/mol. The van der Waals surface area contributed by atoms with Crippen LogP contribution in [0.5, 0.6) is 0 Å². The summed E-state index contributed by atoms with van der Waals surface area (Å²) >= 11 is 0. The van der Waals surface area contributed by atoms with Crippen LogP contribution in [0.3, 0.4) is 0 Å². The molecule has 2 aromatic carbocycles. The molecule has 0 saturated heterocycles. The van der Waals surface area contributed by atoms with Crippen LogP contribution in [0.1, 0.15) is 21.5 Å². The molecule has 0 spiro atoms. The summed E-state index contributed by atoms with van der Waals surface area (Å²) in [4.78, 5) is 22.7. The molecule has 21 heavy (non-hydrogen) atoms. The summed E-state index contributed by atoms with van der Waals surface area (Å²) in [6.45, 7) is 0. The molecule has 5 nitrogen and oxygen atoms in total. The highest BCUT2D eigenvalue weighted by Crippen LogP contribution is 2.13. The number of aliphatic carboxylic acids is 1. The maximum absolute atomic E-state index is 12.0. The van der Waals surface area contributed by atoms with Crippen molar-refractivity contribution >= 4 is 17.6 Å². The number of carbonyl (C=O) groups excluding carboxylic acids is 1. The highest BCUT2D eigenvalue weighted by molar-refractivity contribution is 6.04. The Balaban J connectivity index is 2.11. The molecular formula is C16H12N2O3. The quantitative estimate of drug-likeness (QED) is 0.900. The average Bonchev–Trinajstić information content (AvgIpc) is 2.47. The standard InChI is InChI=1S/C16H12N2O3/c17-10-11-4-6-13(7-5-11)16(21)18-14-3-1-2-12(8-14)9-15(19)20/h1-8H,9H2,(H,18,21)(H,19,20). The van der Waals surface area contributed by atoms with Crippen molar-refractivity contribution in [1.29, 1.82) is 5.26 Å². The fourth-order valence-corrected chi connectivity index (χ4v) is 1.83. The van der Waals surface area contributed by atoms with Crippen LogP contribution in [-0.4, -0.2) is 17.0 Å². The molecule has 0 radical (unpaired) electrons. The molecule has 2 rings (SSSR count). The minimum atomic E-state index is -0.925. The summed E-state index contributed by atoms with van der Waals surface area (Å²) in [5.74, 6) is -1.24. The lowest BCUT2D eigenvalue weighted by molar-refractivity contribution is -0.136. The van der Waals surface area contributed by atoms with Gasteiger partial charge in [-0.15, -0.1) is 0 Å². The topological polar surface area (TPSA) is 90.2 Å². The SMILES string of the molecule is N#Cc1ccc(C(=O)Nc2cccc(CC(=O)O)c2)cc1. The number of rotatable bonds is 4. The van der Waals surface area contributed by atoms with Gasteiger partial charge in [-0.05, 0) is 42.0 Å². The van der Waals surface area contributed by atoms with Gasteiger partial charge in [-0.25, -0.2) is 0 Å². The maximum Gasteiger partial charge on any atom is 0.307 e. The second-order valence-corrected chi connectivity index (χ2v) is 4.41. The summed E-state index contributed by atoms with van der Waals surface area (Å²) in [6, 6.07) is 14.9. The zero-order valence-corrected chi connectivity index (χ0v) is 11.0. The molecule has 104 valence electrons. The van der Waals surface area contributed by atoms with Crippen LogP contribution >= 0.6 is 0 Å². The number of hydrogen-bond acceptors (Lipinski definition) is 3. The number of nitriles is 1. The van der Waals surface area contributed by atoms with E-state index in [2.05, 4.69) is 5.32 Å². The minimum absolute atomic E-state index is 0.0966. The Bertz CT molecular complexity index is 715. The molecule has 0 heterocycles. The third-order valence-electron chi connectivity index (χ3n) is 2.82. The maximum atomic E-state index is 12.0. The van der Waals surface area contributed by atoms with E-state index in [4.69, 9.17) is 10.4 Å². The van der Waals surface area contributed by atoms with Gasteiger partial charge in [0.25, 0.3) is 5.91 Å². The first-order chi connectivity index (χ1) is 10.1. The summed E-state index contributed by atoms with van der Waals surface area (Å²) in [7, 11) is 0. The normalized spacial score (nSPS) is 9.67. The Hall–Kier alpha value is -3.13. The highest BCUT2D eigenvalue weighted by Gasteiger charge is 2.07. The van der Waals surface area contributed by atoms with Gasteiger partial charge in [-0.3, -0.25) is 9.59 Å². The van der Waals surface area contributed by atoms with Crippen molar-refractivity contribution in [3.8, 4) is 6.07 Å². The molecule has 5 heteroatoms. The molecule has 0 aliphatic carbocycles. The van der Waals surface area contributed by atoms with Crippen molar-refractivity contribution in [2.24, 2.45) is 0 Å². The molecule has 0 fully saturated rings. The van der Waals surface area contributed by atoms with E-state index in [1.807, 2.05) is 6.07 Å². The van der Waals surface area contributed by atoms with Crippen molar-refractivity contribution in [3.63, 3.8) is 0 Å². The number of carbonyl (C=O) groups is 2. The van der Waals surface area contributed by atoms with Crippen molar-refractivity contribution in [1.82, 2.24) is 0 Å². The Labute approximate surface area is 121 Å². The van der Waals surface area contributed by atoms with E-state index >= 15 is 0 Å². The van der Waals surface area contributed by atoms with Crippen LogP contribution < -0.4 is 5.32 Å². The molecule has 0 aromatic heterocycles. The number of nitrogens with one attached hydrogen (secondary N) is 1. The Morgan fingerprint density at radius 2 is 1.86 bits per heavy atom. The predicted molar refractivity (Wildman–Crippen MR) is 76.9 cm³/mol. The largest absolute Gasteiger partial charge is 0.481 e. The molecule has 0 bridgehead atoms. The molecule has 0 atom stereocenters. The van der Waals surface area contributed by atoms with Crippen LogP contribution in [0.2, 0.25) is 0 Å². The number of carboxylic acids is 1. The number of hydrogen-bond donors (Lipinski definition) is 2. The van der Waals surface area contributed by atoms with Gasteiger partial charge in [0.1, 0.15) is 0 Å². The molecule has 0 unspecified atom stereocenters. The van der Waals surface area contributed by atoms with Crippen LogP contribution in [0.4, 0.5) is 5.69 Å². The number of amides is 1. The Kier molecular flexibility index (Phi) is 4.32. The second-order valence-electron chi connectivity index (χ2n) is 4.41. The van der Waals surface area contributed by atoms with Gasteiger partial charge < -0.3 is 10.4 Å². The monoisotopic (exact) mass is 280 g/mol. The lowest BCUT2D eigenvalue weighted by Crippen LogP contribution is -2.12. The fourth-order valence-electron chi connectivity index (χ4n) is 1.83. The van der Waals surface area contributed by atoms with Gasteiger partial charge in [0.15, 0.2) is 0 Å². The van der Waals surface area contributed by atoms with E-state index in [1.165, 1.54) is 0 Å². The van der Waals surface area contributed by atoms with Gasteiger partial charge >= 0.3 is 5.97 Å². The van der Waals surface area contributed by atoms with Crippen molar-refractivity contribution in [2.75, 3.05) is 5.32 Å². The van der Waals surface area contributed by atoms with Crippen LogP contribution in [0.15, 0.2) is 48.5 Å². The van der Waals surface area contributed by atoms with Gasteiger partial charge in [0.2, 0.25) is 0 Å². The fraction of sp³-hybridized carbons (Fsp3) is 0.0625. The van der Waals surface area contributed by atoms with Gasteiger partial charge in [0, 0.05) is 11.3 Å². The van der Waals surface area contributed by atoms with E-state index in [9.17, 15) is 9.59 Å². The zero-order chi connectivity index (χ0) is 15.2. The van der Waals surface area contributed by atoms with Gasteiger partial charge in [-0.2, -0.15) is 5.26 Å². The molecule has 0 saturated carbocycles. The Morgan fingerprint density at radius 3 is 2.48 bits per heavy atom. The van der Waals surface area contributed by atoms with E-state index in [-0.39, 0.29) is 12.3 Å². The van der Waals surface area contributed by atoms with Crippen LogP contribution in [-0.2, 0) is 11.2 Å². The molecule has 1 amide bonds. The number of anilines is 1. The van der Waals surface area contributed by atoms with E-state index in [0.717, 1.165) is 0 Å². The number of nitrogens with zero attached hydrogens (tertiary/aromatic N) is 1. The van der Waals surface area contributed by atoms with Crippen LogP contribution in [0.25, 0.3) is 0 Å². The number of carboxylic acid groups (broad SMARTS) is 1. The van der Waals surface area contributed by atoms with Crippen LogP contribution in [0, 0.1) is 11.3 Å². The van der Waals surface area contributed by atoms with E-state index < -0.39 is 5.97 Å². The lowest BCUT2D eigenvalue weighted by Gasteiger charge is -2.07. The van der Waals surface area contributed by atoms with Crippen molar-refractivity contribution < 1.29 is 14.7 Å². The molecule has 2 N–H and O–H groups in total. The van der Waals surface area contributed by atoms with Gasteiger partial charge in [0.05, 0.1) is 18.1 Å².